The van der Waals surface area contributed by atoms with Gasteiger partial charge in [0, 0.05) is 0 Å². The van der Waals surface area contributed by atoms with Crippen molar-refractivity contribution in [2.24, 2.45) is 22.0 Å². The standard InChI is InChI=1S/CH8N4P2Si/c2-6(3)1(8)7(4)5/h2-5H2/q+1. The molecule has 0 amide bonds. The highest BCUT2D eigenvalue weighted by atomic mass is 31.2. The van der Waals surface area contributed by atoms with Crippen molar-refractivity contribution >= 4 is 31.0 Å². The molecule has 0 saturated heterocycles. The summed E-state index contributed by atoms with van der Waals surface area (Å²) in [6.45, 7) is 0. The molecule has 8 heavy (non-hydrogen) atoms. The molecular formula is CH8N4P2Si+. The Labute approximate surface area is 53.8 Å². The van der Waals surface area contributed by atoms with Crippen LogP contribution in [0.1, 0.15) is 0 Å². The van der Waals surface area contributed by atoms with Crippen LogP contribution in [0.5, 0.6) is 0 Å². The lowest BCUT2D eigenvalue weighted by Gasteiger charge is -1.95. The lowest BCUT2D eigenvalue weighted by Crippen LogP contribution is -2.12. The summed E-state index contributed by atoms with van der Waals surface area (Å²) in [6, 6.07) is 0. The Bertz CT molecular complexity index is 107. The summed E-state index contributed by atoms with van der Waals surface area (Å²) in [5, 5.41) is 0. The van der Waals surface area contributed by atoms with Crippen LogP contribution in [-0.4, -0.2) is 14.9 Å². The van der Waals surface area contributed by atoms with E-state index in [1.54, 1.807) is 0 Å². The SMILES string of the molecule is NP(N)C([Si])=[P+](N)N. The van der Waals surface area contributed by atoms with Crippen molar-refractivity contribution in [2.45, 2.75) is 0 Å². The molecule has 45 valence electrons. The molecule has 0 saturated carbocycles. The predicted octanol–water partition coefficient (Wildman–Crippen LogP) is -1.30. The molecule has 0 aliphatic rings. The van der Waals surface area contributed by atoms with Crippen LogP contribution in [-0.2, 0) is 0 Å². The zero-order valence-corrected chi connectivity index (χ0v) is 6.99. The normalized spacial score (nSPS) is 9.75. The Balaban J connectivity index is 4.00. The minimum atomic E-state index is -1.09. The topological polar surface area (TPSA) is 104 Å². The van der Waals surface area contributed by atoms with Gasteiger partial charge < -0.3 is 0 Å². The summed E-state index contributed by atoms with van der Waals surface area (Å²) in [6.07, 6.45) is 0. The van der Waals surface area contributed by atoms with E-state index in [1.165, 1.54) is 0 Å². The molecule has 8 N–H and O–H groups in total. The first-order valence-corrected chi connectivity index (χ1v) is 5.19. The second-order valence-electron chi connectivity index (χ2n) is 1.14. The molecule has 3 radical (unpaired) electrons. The number of hydrogen-bond acceptors (Lipinski definition) is 4. The Morgan fingerprint density at radius 2 is 1.75 bits per heavy atom. The number of hydrogen-bond donors (Lipinski definition) is 4. The number of rotatable bonds is 1. The fourth-order valence-corrected chi connectivity index (χ4v) is 1.20. The van der Waals surface area contributed by atoms with E-state index in [1.807, 2.05) is 0 Å². The van der Waals surface area contributed by atoms with Gasteiger partial charge in [-0.05, 0) is 0 Å². The maximum Gasteiger partial charge on any atom is 0.270 e. The molecular weight excluding hydrogens is 158 g/mol. The Morgan fingerprint density at radius 3 is 1.75 bits per heavy atom. The molecule has 0 aliphatic heterocycles. The van der Waals surface area contributed by atoms with Crippen molar-refractivity contribution < 1.29 is 0 Å². The van der Waals surface area contributed by atoms with Crippen LogP contribution < -0.4 is 22.0 Å². The summed E-state index contributed by atoms with van der Waals surface area (Å²) in [5.41, 5.74) is 21.0. The van der Waals surface area contributed by atoms with Crippen molar-refractivity contribution in [1.82, 2.24) is 0 Å². The van der Waals surface area contributed by atoms with E-state index in [0.29, 0.717) is 4.66 Å². The summed E-state index contributed by atoms with van der Waals surface area (Å²) in [7, 11) is 0.944. The first-order valence-electron chi connectivity index (χ1n) is 1.73. The molecule has 0 aliphatic carbocycles. The van der Waals surface area contributed by atoms with E-state index >= 15 is 0 Å². The van der Waals surface area contributed by atoms with Crippen LogP contribution in [0.3, 0.4) is 0 Å². The van der Waals surface area contributed by atoms with E-state index in [2.05, 4.69) is 10.2 Å². The van der Waals surface area contributed by atoms with Gasteiger partial charge in [0.15, 0.2) is 4.66 Å². The van der Waals surface area contributed by atoms with Crippen LogP contribution in [0.15, 0.2) is 0 Å². The summed E-state index contributed by atoms with van der Waals surface area (Å²) >= 11 is 0. The van der Waals surface area contributed by atoms with Gasteiger partial charge in [-0.2, -0.15) is 0 Å². The molecule has 0 rings (SSSR count). The van der Waals surface area contributed by atoms with E-state index in [0.717, 1.165) is 0 Å². The predicted molar refractivity (Wildman–Crippen MR) is 41.4 cm³/mol. The Morgan fingerprint density at radius 1 is 1.38 bits per heavy atom. The third kappa shape index (κ3) is 2.84. The van der Waals surface area contributed by atoms with Crippen LogP contribution >= 0.6 is 16.1 Å². The molecule has 0 bridgehead atoms. The molecule has 4 nitrogen and oxygen atoms in total. The fourth-order valence-electron chi connectivity index (χ4n) is 0.133. The molecule has 7 heteroatoms. The first-order chi connectivity index (χ1) is 3.55. The van der Waals surface area contributed by atoms with E-state index < -0.39 is 16.1 Å². The van der Waals surface area contributed by atoms with E-state index in [-0.39, 0.29) is 0 Å². The Hall–Kier alpha value is 0.657. The highest BCUT2D eigenvalue weighted by Gasteiger charge is 2.09. The number of nitrogens with two attached hydrogens (primary N) is 4. The van der Waals surface area contributed by atoms with Crippen molar-refractivity contribution in [1.29, 1.82) is 0 Å². The zero-order chi connectivity index (χ0) is 6.73. The van der Waals surface area contributed by atoms with Gasteiger partial charge in [-0.15, -0.1) is 11.0 Å². The van der Waals surface area contributed by atoms with Gasteiger partial charge in [0.05, 0.1) is 8.22 Å². The van der Waals surface area contributed by atoms with Gasteiger partial charge in [-0.3, -0.25) is 11.0 Å². The van der Waals surface area contributed by atoms with Crippen LogP contribution in [0.2, 0.25) is 0 Å². The lowest BCUT2D eigenvalue weighted by molar-refractivity contribution is 1.83. The Kier molecular flexibility index (Phi) is 3.94. The average Bonchev–Trinajstić information content (AvgIpc) is 1.64. The van der Waals surface area contributed by atoms with Crippen molar-refractivity contribution in [3.63, 3.8) is 0 Å². The second kappa shape index (κ2) is 3.64. The molecule has 0 heterocycles. The molecule has 0 aromatic carbocycles. The largest absolute Gasteiger partial charge is 0.292 e. The molecule has 0 unspecified atom stereocenters. The highest BCUT2D eigenvalue weighted by molar-refractivity contribution is 7.90. The average molecular weight is 166 g/mol. The molecule has 0 aromatic rings. The van der Waals surface area contributed by atoms with Crippen molar-refractivity contribution in [3.05, 3.63) is 0 Å². The van der Waals surface area contributed by atoms with E-state index in [9.17, 15) is 0 Å². The smallest absolute Gasteiger partial charge is 0.270 e. The minimum Gasteiger partial charge on any atom is -0.292 e. The summed E-state index contributed by atoms with van der Waals surface area (Å²) in [5.74, 6) is 0. The van der Waals surface area contributed by atoms with Gasteiger partial charge in [-0.25, -0.2) is 0 Å². The maximum absolute atomic E-state index is 5.25. The first kappa shape index (κ1) is 8.66. The molecule has 0 aromatic heterocycles. The van der Waals surface area contributed by atoms with Gasteiger partial charge in [0.25, 0.3) is 7.85 Å². The van der Waals surface area contributed by atoms with Gasteiger partial charge >= 0.3 is 0 Å². The van der Waals surface area contributed by atoms with E-state index in [4.69, 9.17) is 22.0 Å². The summed E-state index contributed by atoms with van der Waals surface area (Å²) < 4.78 is 0.648. The van der Waals surface area contributed by atoms with Gasteiger partial charge in [0.2, 0.25) is 0 Å². The van der Waals surface area contributed by atoms with Crippen LogP contribution in [0.25, 0.3) is 0 Å². The second-order valence-corrected chi connectivity index (χ2v) is 5.36. The van der Waals surface area contributed by atoms with Crippen molar-refractivity contribution in [2.75, 3.05) is 0 Å². The third-order valence-corrected chi connectivity index (χ3v) is 4.40. The van der Waals surface area contributed by atoms with Crippen molar-refractivity contribution in [3.8, 4) is 0 Å². The van der Waals surface area contributed by atoms with Gasteiger partial charge in [-0.1, -0.05) is 0 Å². The summed E-state index contributed by atoms with van der Waals surface area (Å²) in [4.78, 5) is 0. The fraction of sp³-hybridized carbons (Fsp3) is 0. The quantitative estimate of drug-likeness (QED) is 0.287. The monoisotopic (exact) mass is 166 g/mol. The van der Waals surface area contributed by atoms with Crippen LogP contribution in [0.4, 0.5) is 0 Å². The van der Waals surface area contributed by atoms with Crippen LogP contribution in [0, 0.1) is 0 Å². The molecule has 0 spiro atoms. The molecule has 0 fully saturated rings. The van der Waals surface area contributed by atoms with Gasteiger partial charge in [0.1, 0.15) is 10.2 Å². The zero-order valence-electron chi connectivity index (χ0n) is 4.20. The lowest BCUT2D eigenvalue weighted by atomic mass is 11.9. The highest BCUT2D eigenvalue weighted by Crippen LogP contribution is 2.20. The third-order valence-electron chi connectivity index (χ3n) is 0.489. The minimum absolute atomic E-state index is 0.648. The maximum atomic E-state index is 5.25. The molecule has 0 atom stereocenters.